The summed E-state index contributed by atoms with van der Waals surface area (Å²) in [4.78, 5) is 14.2. The number of carbonyl (C=O) groups excluding carboxylic acids is 1. The van der Waals surface area contributed by atoms with Gasteiger partial charge in [0.1, 0.15) is 17.3 Å². The standard InChI is InChI=1S/C18H18FNO3.ClH/c1-10(2)12-6-13(17(22)7-16(12)21)18(23)20-8-11-4-3-5-15(19)14(11)9-20;/h3-7,10,21-22H,8-9H2,1-2H3;1H. The molecule has 1 aliphatic rings. The van der Waals surface area contributed by atoms with Gasteiger partial charge in [0.25, 0.3) is 5.91 Å². The maximum absolute atomic E-state index is 13.8. The van der Waals surface area contributed by atoms with Crippen LogP contribution in [0.2, 0.25) is 0 Å². The summed E-state index contributed by atoms with van der Waals surface area (Å²) in [5, 5.41) is 19.9. The highest BCUT2D eigenvalue weighted by Gasteiger charge is 2.28. The minimum atomic E-state index is -0.375. The van der Waals surface area contributed by atoms with Gasteiger partial charge < -0.3 is 15.1 Å². The minimum Gasteiger partial charge on any atom is -0.508 e. The molecule has 0 aliphatic carbocycles. The molecular weight excluding hydrogens is 333 g/mol. The summed E-state index contributed by atoms with van der Waals surface area (Å²) in [5.74, 6) is -0.996. The molecule has 1 heterocycles. The van der Waals surface area contributed by atoms with Crippen molar-refractivity contribution in [3.05, 3.63) is 58.4 Å². The van der Waals surface area contributed by atoms with Crippen LogP contribution in [0, 0.1) is 5.82 Å². The second kappa shape index (κ2) is 6.69. The summed E-state index contributed by atoms with van der Waals surface area (Å²) >= 11 is 0. The Bertz CT molecular complexity index is 792. The smallest absolute Gasteiger partial charge is 0.258 e. The van der Waals surface area contributed by atoms with Crippen molar-refractivity contribution in [2.45, 2.75) is 32.9 Å². The number of phenols is 2. The Morgan fingerprint density at radius 3 is 2.50 bits per heavy atom. The number of hydrogen-bond acceptors (Lipinski definition) is 3. The maximum atomic E-state index is 13.8. The van der Waals surface area contributed by atoms with E-state index in [1.165, 1.54) is 23.1 Å². The molecule has 2 aromatic carbocycles. The van der Waals surface area contributed by atoms with Gasteiger partial charge in [-0.2, -0.15) is 0 Å². The van der Waals surface area contributed by atoms with Gasteiger partial charge >= 0.3 is 0 Å². The van der Waals surface area contributed by atoms with Crippen molar-refractivity contribution in [1.29, 1.82) is 0 Å². The van der Waals surface area contributed by atoms with Crippen LogP contribution in [0.4, 0.5) is 4.39 Å². The molecule has 0 aromatic heterocycles. The lowest BCUT2D eigenvalue weighted by Gasteiger charge is -2.18. The maximum Gasteiger partial charge on any atom is 0.258 e. The van der Waals surface area contributed by atoms with Crippen molar-refractivity contribution in [2.75, 3.05) is 0 Å². The number of nitrogens with zero attached hydrogens (tertiary/aromatic N) is 1. The van der Waals surface area contributed by atoms with Crippen LogP contribution >= 0.6 is 12.4 Å². The Labute approximate surface area is 146 Å². The summed E-state index contributed by atoms with van der Waals surface area (Å²) in [7, 11) is 0. The average molecular weight is 352 g/mol. The molecule has 1 amide bonds. The Morgan fingerprint density at radius 2 is 1.88 bits per heavy atom. The van der Waals surface area contributed by atoms with Gasteiger partial charge in [-0.15, -0.1) is 12.4 Å². The summed E-state index contributed by atoms with van der Waals surface area (Å²) in [6.45, 7) is 4.27. The van der Waals surface area contributed by atoms with Crippen LogP contribution in [0.3, 0.4) is 0 Å². The Balaban J connectivity index is 0.00000208. The number of hydrogen-bond donors (Lipinski definition) is 2. The molecule has 3 rings (SSSR count). The molecule has 24 heavy (non-hydrogen) atoms. The van der Waals surface area contributed by atoms with Crippen LogP contribution in [0.25, 0.3) is 0 Å². The predicted octanol–water partition coefficient (Wildman–Crippen LogP) is 3.94. The van der Waals surface area contributed by atoms with Crippen molar-refractivity contribution < 1.29 is 19.4 Å². The van der Waals surface area contributed by atoms with E-state index in [9.17, 15) is 19.4 Å². The molecule has 0 radical (unpaired) electrons. The topological polar surface area (TPSA) is 60.8 Å². The molecule has 2 aromatic rings. The fourth-order valence-corrected chi connectivity index (χ4v) is 2.92. The summed E-state index contributed by atoms with van der Waals surface area (Å²) in [6, 6.07) is 7.49. The lowest BCUT2D eigenvalue weighted by Crippen LogP contribution is -2.25. The van der Waals surface area contributed by atoms with Crippen molar-refractivity contribution in [3.63, 3.8) is 0 Å². The Morgan fingerprint density at radius 1 is 1.17 bits per heavy atom. The number of phenolic OH excluding ortho intramolecular Hbond substituents is 2. The van der Waals surface area contributed by atoms with Gasteiger partial charge in [0.15, 0.2) is 0 Å². The molecule has 1 aliphatic heterocycles. The third kappa shape index (κ3) is 3.04. The fourth-order valence-electron chi connectivity index (χ4n) is 2.92. The number of rotatable bonds is 2. The highest BCUT2D eigenvalue weighted by atomic mass is 35.5. The molecule has 0 fully saturated rings. The third-order valence-electron chi connectivity index (χ3n) is 4.21. The third-order valence-corrected chi connectivity index (χ3v) is 4.21. The number of carbonyl (C=O) groups is 1. The first-order chi connectivity index (χ1) is 10.9. The van der Waals surface area contributed by atoms with Gasteiger partial charge in [0.2, 0.25) is 0 Å². The zero-order valence-electron chi connectivity index (χ0n) is 13.4. The van der Waals surface area contributed by atoms with Crippen LogP contribution in [-0.2, 0) is 13.1 Å². The molecule has 128 valence electrons. The molecule has 4 nitrogen and oxygen atoms in total. The Kier molecular flexibility index (Phi) is 5.04. The number of halogens is 2. The quantitative estimate of drug-likeness (QED) is 0.861. The van der Waals surface area contributed by atoms with E-state index in [0.717, 1.165) is 5.56 Å². The van der Waals surface area contributed by atoms with E-state index in [-0.39, 0.29) is 53.7 Å². The zero-order chi connectivity index (χ0) is 16.7. The second-order valence-corrected chi connectivity index (χ2v) is 6.12. The van der Waals surface area contributed by atoms with Crippen molar-refractivity contribution in [2.24, 2.45) is 0 Å². The summed E-state index contributed by atoms with van der Waals surface area (Å²) < 4.78 is 13.8. The SMILES string of the molecule is CC(C)c1cc(C(=O)N2Cc3cccc(F)c3C2)c(O)cc1O.Cl. The van der Waals surface area contributed by atoms with Gasteiger partial charge in [0, 0.05) is 24.7 Å². The van der Waals surface area contributed by atoms with Crippen LogP contribution in [0.15, 0.2) is 30.3 Å². The van der Waals surface area contributed by atoms with Gasteiger partial charge in [-0.3, -0.25) is 4.79 Å². The van der Waals surface area contributed by atoms with Crippen LogP contribution in [-0.4, -0.2) is 21.0 Å². The normalized spacial score (nSPS) is 12.9. The molecule has 0 unspecified atom stereocenters. The first-order valence-corrected chi connectivity index (χ1v) is 7.50. The van der Waals surface area contributed by atoms with E-state index in [4.69, 9.17) is 0 Å². The van der Waals surface area contributed by atoms with E-state index in [1.54, 1.807) is 12.1 Å². The first-order valence-electron chi connectivity index (χ1n) is 7.50. The van der Waals surface area contributed by atoms with Crippen molar-refractivity contribution in [1.82, 2.24) is 4.90 Å². The molecule has 0 atom stereocenters. The van der Waals surface area contributed by atoms with Gasteiger partial charge in [-0.25, -0.2) is 4.39 Å². The number of benzene rings is 2. The minimum absolute atomic E-state index is 0. The molecule has 0 bridgehead atoms. The van der Waals surface area contributed by atoms with E-state index >= 15 is 0 Å². The predicted molar refractivity (Wildman–Crippen MR) is 91.1 cm³/mol. The van der Waals surface area contributed by atoms with Gasteiger partial charge in [0.05, 0.1) is 5.56 Å². The molecule has 0 saturated carbocycles. The first kappa shape index (κ1) is 18.1. The van der Waals surface area contributed by atoms with Gasteiger partial charge in [-0.05, 0) is 29.2 Å². The highest BCUT2D eigenvalue weighted by Crippen LogP contribution is 2.34. The van der Waals surface area contributed by atoms with E-state index < -0.39 is 0 Å². The monoisotopic (exact) mass is 351 g/mol. The van der Waals surface area contributed by atoms with Gasteiger partial charge in [-0.1, -0.05) is 26.0 Å². The lowest BCUT2D eigenvalue weighted by molar-refractivity contribution is 0.0747. The van der Waals surface area contributed by atoms with E-state index in [2.05, 4.69) is 0 Å². The Hall–Kier alpha value is -2.27. The van der Waals surface area contributed by atoms with Crippen LogP contribution < -0.4 is 0 Å². The number of amides is 1. The largest absolute Gasteiger partial charge is 0.508 e. The molecule has 0 spiro atoms. The molecule has 6 heteroatoms. The summed E-state index contributed by atoms with van der Waals surface area (Å²) in [5.41, 5.74) is 2.01. The fraction of sp³-hybridized carbons (Fsp3) is 0.278. The zero-order valence-corrected chi connectivity index (χ0v) is 14.2. The van der Waals surface area contributed by atoms with Crippen LogP contribution in [0.5, 0.6) is 11.5 Å². The van der Waals surface area contributed by atoms with Crippen molar-refractivity contribution in [3.8, 4) is 11.5 Å². The molecule has 0 saturated heterocycles. The van der Waals surface area contributed by atoms with Crippen molar-refractivity contribution >= 4 is 18.3 Å². The number of aromatic hydroxyl groups is 2. The van der Waals surface area contributed by atoms with Crippen LogP contribution in [0.1, 0.15) is 46.8 Å². The summed E-state index contributed by atoms with van der Waals surface area (Å²) in [6.07, 6.45) is 0. The average Bonchev–Trinajstić information content (AvgIpc) is 2.92. The lowest BCUT2D eigenvalue weighted by atomic mass is 9.98. The second-order valence-electron chi connectivity index (χ2n) is 6.12. The highest BCUT2D eigenvalue weighted by molar-refractivity contribution is 5.97. The molecular formula is C18H19ClFNO3. The van der Waals surface area contributed by atoms with E-state index in [1.807, 2.05) is 13.8 Å². The number of fused-ring (bicyclic) bond motifs is 1. The van der Waals surface area contributed by atoms with E-state index in [0.29, 0.717) is 17.7 Å². The molecule has 2 N–H and O–H groups in total.